The van der Waals surface area contributed by atoms with Gasteiger partial charge >= 0.3 is 0 Å². The summed E-state index contributed by atoms with van der Waals surface area (Å²) in [6, 6.07) is 39.2. The Morgan fingerprint density at radius 3 is 2.14 bits per heavy atom. The lowest BCUT2D eigenvalue weighted by molar-refractivity contribution is 1.000. The highest BCUT2D eigenvalue weighted by atomic mass is 32.2. The van der Waals surface area contributed by atoms with Crippen LogP contribution in [0.5, 0.6) is 0 Å². The second-order valence-electron chi connectivity index (χ2n) is 11.0. The number of fused-ring (bicyclic) bond motifs is 2. The molecule has 0 fully saturated rings. The molecule has 0 spiro atoms. The average Bonchev–Trinajstić information content (AvgIpc) is 3.76. The average molecular weight is 609 g/mol. The van der Waals surface area contributed by atoms with E-state index < -0.39 is 0 Å². The molecule has 1 aliphatic carbocycles. The van der Waals surface area contributed by atoms with Crippen LogP contribution in [0, 0.1) is 0 Å². The van der Waals surface area contributed by atoms with E-state index in [1.165, 1.54) is 64.4 Å². The van der Waals surface area contributed by atoms with Gasteiger partial charge in [-0.15, -0.1) is 11.3 Å². The van der Waals surface area contributed by atoms with Crippen LogP contribution < -0.4 is 9.80 Å². The van der Waals surface area contributed by atoms with Crippen molar-refractivity contribution in [2.45, 2.75) is 38.0 Å². The fourth-order valence-electron chi connectivity index (χ4n) is 6.35. The Kier molecular flexibility index (Phi) is 8.28. The van der Waals surface area contributed by atoms with Gasteiger partial charge < -0.3 is 9.80 Å². The van der Waals surface area contributed by atoms with Crippen molar-refractivity contribution in [3.8, 4) is 0 Å². The molecule has 2 nitrogen and oxygen atoms in total. The lowest BCUT2D eigenvalue weighted by Crippen LogP contribution is -2.18. The van der Waals surface area contributed by atoms with Crippen LogP contribution in [0.2, 0.25) is 0 Å². The Hall–Kier alpha value is -4.25. The van der Waals surface area contributed by atoms with Gasteiger partial charge in [0.15, 0.2) is 0 Å². The van der Waals surface area contributed by atoms with E-state index in [-0.39, 0.29) is 0 Å². The van der Waals surface area contributed by atoms with E-state index in [1.54, 1.807) is 0 Å². The molecule has 0 bridgehead atoms. The van der Waals surface area contributed by atoms with E-state index in [1.807, 2.05) is 23.1 Å². The number of allylic oxidation sites excluding steroid dienone is 5. The number of para-hydroxylation sites is 3. The summed E-state index contributed by atoms with van der Waals surface area (Å²) in [7, 11) is 0. The minimum absolute atomic E-state index is 0.949. The van der Waals surface area contributed by atoms with Crippen LogP contribution in [0.4, 0.5) is 17.1 Å². The maximum atomic E-state index is 2.46. The van der Waals surface area contributed by atoms with Crippen LogP contribution in [0.15, 0.2) is 154 Å². The highest BCUT2D eigenvalue weighted by Gasteiger charge is 2.27. The second-order valence-corrected chi connectivity index (χ2v) is 13.2. The van der Waals surface area contributed by atoms with E-state index in [9.17, 15) is 0 Å². The molecule has 0 radical (unpaired) electrons. The normalized spacial score (nSPS) is 16.6. The maximum Gasteiger partial charge on any atom is 0.0801 e. The highest BCUT2D eigenvalue weighted by Crippen LogP contribution is 2.47. The second kappa shape index (κ2) is 12.8. The molecule has 0 unspecified atom stereocenters. The lowest BCUT2D eigenvalue weighted by atomic mass is 10.1. The zero-order chi connectivity index (χ0) is 29.9. The first-order valence-corrected chi connectivity index (χ1v) is 17.2. The molecular weight excluding hydrogens is 573 g/mol. The van der Waals surface area contributed by atoms with Gasteiger partial charge in [-0.2, -0.15) is 0 Å². The molecule has 7 rings (SSSR count). The Bertz CT molecular complexity index is 1870. The van der Waals surface area contributed by atoms with Crippen LogP contribution >= 0.6 is 23.1 Å². The van der Waals surface area contributed by atoms with Gasteiger partial charge in [-0.3, -0.25) is 0 Å². The fourth-order valence-corrected chi connectivity index (χ4v) is 8.68. The molecule has 218 valence electrons. The molecule has 4 heteroatoms. The zero-order valence-electron chi connectivity index (χ0n) is 25.2. The Morgan fingerprint density at radius 2 is 1.41 bits per heavy atom. The SMILES string of the molecule is CCc1c(/C=C/C2=C(N(c3ccccc3)c3ccccc3)C(=C/C=C3/Sc4ccccc4N3CC)CC2)sc2ccccc12. The third kappa shape index (κ3) is 5.45. The number of anilines is 3. The molecule has 0 atom stereocenters. The predicted octanol–water partition coefficient (Wildman–Crippen LogP) is 11.8. The lowest BCUT2D eigenvalue weighted by Gasteiger charge is -2.28. The van der Waals surface area contributed by atoms with Gasteiger partial charge in [0.05, 0.1) is 16.4 Å². The molecule has 2 heterocycles. The smallest absolute Gasteiger partial charge is 0.0801 e. The van der Waals surface area contributed by atoms with Gasteiger partial charge in [-0.1, -0.05) is 97.6 Å². The molecule has 4 aromatic carbocycles. The summed E-state index contributed by atoms with van der Waals surface area (Å²) in [6.07, 6.45) is 12.5. The molecular formula is C40H36N2S2. The van der Waals surface area contributed by atoms with Crippen molar-refractivity contribution >= 4 is 56.3 Å². The van der Waals surface area contributed by atoms with Gasteiger partial charge in [0.25, 0.3) is 0 Å². The van der Waals surface area contributed by atoms with Crippen LogP contribution in [0.25, 0.3) is 16.2 Å². The monoisotopic (exact) mass is 608 g/mol. The first-order valence-electron chi connectivity index (χ1n) is 15.5. The van der Waals surface area contributed by atoms with Crippen molar-refractivity contribution in [3.63, 3.8) is 0 Å². The van der Waals surface area contributed by atoms with Gasteiger partial charge in [0.1, 0.15) is 0 Å². The molecule has 5 aromatic rings. The number of nitrogens with zero attached hydrogens (tertiary/aromatic N) is 2. The standard InChI is InChI=1S/C40H36N2S2/c1-3-33-34-19-11-13-21-36(34)43-37(33)27-25-29-23-24-30(26-28-39-41(4-2)35-20-12-14-22-38(35)44-39)40(29)42(31-15-7-5-8-16-31)32-17-9-6-10-18-32/h5-22,25-28H,3-4,23-24H2,1-2H3/b27-25+,30-26?,39-28+. The summed E-state index contributed by atoms with van der Waals surface area (Å²) in [5.74, 6) is 0. The van der Waals surface area contributed by atoms with Crippen molar-refractivity contribution in [1.82, 2.24) is 0 Å². The van der Waals surface area contributed by atoms with Crippen LogP contribution in [-0.4, -0.2) is 6.54 Å². The van der Waals surface area contributed by atoms with Crippen molar-refractivity contribution in [2.75, 3.05) is 16.3 Å². The number of rotatable bonds is 8. The molecule has 1 aromatic heterocycles. The summed E-state index contributed by atoms with van der Waals surface area (Å²) < 4.78 is 1.36. The van der Waals surface area contributed by atoms with Crippen molar-refractivity contribution < 1.29 is 0 Å². The van der Waals surface area contributed by atoms with E-state index in [4.69, 9.17) is 0 Å². The van der Waals surface area contributed by atoms with Crippen LogP contribution in [0.1, 0.15) is 37.1 Å². The number of hydrogen-bond acceptors (Lipinski definition) is 4. The number of thioether (sulfide) groups is 1. The summed E-state index contributed by atoms with van der Waals surface area (Å²) in [4.78, 5) is 7.58. The fraction of sp³-hybridized carbons (Fsp3) is 0.150. The molecule has 0 saturated heterocycles. The summed E-state index contributed by atoms with van der Waals surface area (Å²) in [5, 5.41) is 2.67. The van der Waals surface area contributed by atoms with Gasteiger partial charge in [-0.25, -0.2) is 0 Å². The van der Waals surface area contributed by atoms with E-state index in [0.717, 1.165) is 25.8 Å². The topological polar surface area (TPSA) is 6.48 Å². The largest absolute Gasteiger partial charge is 0.335 e. The number of thiophene rings is 1. The van der Waals surface area contributed by atoms with E-state index >= 15 is 0 Å². The van der Waals surface area contributed by atoms with E-state index in [0.29, 0.717) is 0 Å². The zero-order valence-corrected chi connectivity index (χ0v) is 26.9. The molecule has 0 N–H and O–H groups in total. The van der Waals surface area contributed by atoms with Crippen molar-refractivity contribution in [2.24, 2.45) is 0 Å². The molecule has 2 aliphatic rings. The van der Waals surface area contributed by atoms with Crippen molar-refractivity contribution in [1.29, 1.82) is 0 Å². The van der Waals surface area contributed by atoms with E-state index in [2.05, 4.69) is 157 Å². The van der Waals surface area contributed by atoms with Gasteiger partial charge in [-0.05, 0) is 103 Å². The molecule has 1 aliphatic heterocycles. The quantitative estimate of drug-likeness (QED) is 0.173. The highest BCUT2D eigenvalue weighted by molar-refractivity contribution is 8.03. The molecule has 0 amide bonds. The Morgan fingerprint density at radius 1 is 0.727 bits per heavy atom. The maximum absolute atomic E-state index is 2.46. The van der Waals surface area contributed by atoms with Crippen LogP contribution in [0.3, 0.4) is 0 Å². The first-order chi connectivity index (χ1) is 21.7. The van der Waals surface area contributed by atoms with Crippen molar-refractivity contribution in [3.05, 3.63) is 160 Å². The molecule has 44 heavy (non-hydrogen) atoms. The van der Waals surface area contributed by atoms with Gasteiger partial charge in [0, 0.05) is 32.4 Å². The minimum atomic E-state index is 0.949. The van der Waals surface area contributed by atoms with Gasteiger partial charge in [0.2, 0.25) is 0 Å². The first kappa shape index (κ1) is 28.5. The Labute approximate surface area is 269 Å². The third-order valence-corrected chi connectivity index (χ3v) is 10.7. The number of aryl methyl sites for hydroxylation is 1. The summed E-state index contributed by atoms with van der Waals surface area (Å²) >= 11 is 3.77. The molecule has 0 saturated carbocycles. The number of hydrogen-bond donors (Lipinski definition) is 0. The number of benzene rings is 4. The predicted molar refractivity (Wildman–Crippen MR) is 193 cm³/mol. The minimum Gasteiger partial charge on any atom is -0.335 e. The summed E-state index contributed by atoms with van der Waals surface area (Å²) in [5.41, 5.74) is 9.13. The third-order valence-electron chi connectivity index (χ3n) is 8.42. The summed E-state index contributed by atoms with van der Waals surface area (Å²) in [6.45, 7) is 5.45. The van der Waals surface area contributed by atoms with Crippen LogP contribution in [-0.2, 0) is 6.42 Å². The Balaban J connectivity index is 1.36.